The summed E-state index contributed by atoms with van der Waals surface area (Å²) < 4.78 is 11.1. The monoisotopic (exact) mass is 321 g/mol. The van der Waals surface area contributed by atoms with Gasteiger partial charge in [0.15, 0.2) is 6.29 Å². The molecule has 3 rings (SSSR count). The summed E-state index contributed by atoms with van der Waals surface area (Å²) >= 11 is 5.93. The molecule has 0 bridgehead atoms. The van der Waals surface area contributed by atoms with Gasteiger partial charge in [-0.15, -0.1) is 0 Å². The minimum atomic E-state index is -0.0701. The zero-order valence-electron chi connectivity index (χ0n) is 12.4. The standard InChI is InChI=1S/C17H20ClNO3/c18-15-3-1-2-13(12-15)4-5-16(20)19-8-6-14(7-9-19)17-21-10-11-22-17/h1-5,12,14,17H,6-11H2/b5-4+. The maximum Gasteiger partial charge on any atom is 0.246 e. The molecule has 2 aliphatic heterocycles. The van der Waals surface area contributed by atoms with Crippen molar-refractivity contribution in [3.63, 3.8) is 0 Å². The van der Waals surface area contributed by atoms with E-state index in [1.165, 1.54) is 0 Å². The van der Waals surface area contributed by atoms with Gasteiger partial charge in [-0.3, -0.25) is 4.79 Å². The third-order valence-corrected chi connectivity index (χ3v) is 4.39. The van der Waals surface area contributed by atoms with Gasteiger partial charge in [0, 0.05) is 30.1 Å². The van der Waals surface area contributed by atoms with Crippen LogP contribution in [-0.2, 0) is 14.3 Å². The maximum absolute atomic E-state index is 12.2. The molecule has 5 heteroatoms. The zero-order valence-corrected chi connectivity index (χ0v) is 13.2. The summed E-state index contributed by atoms with van der Waals surface area (Å²) in [6.07, 6.45) is 5.22. The Bertz CT molecular complexity index is 547. The van der Waals surface area contributed by atoms with Crippen LogP contribution in [0.1, 0.15) is 18.4 Å². The zero-order chi connectivity index (χ0) is 15.4. The number of rotatable bonds is 3. The van der Waals surface area contributed by atoms with Crippen molar-refractivity contribution in [2.24, 2.45) is 5.92 Å². The molecule has 0 N–H and O–H groups in total. The van der Waals surface area contributed by atoms with Crippen molar-refractivity contribution >= 4 is 23.6 Å². The fourth-order valence-corrected chi connectivity index (χ4v) is 3.12. The van der Waals surface area contributed by atoms with Crippen LogP contribution in [0, 0.1) is 5.92 Å². The van der Waals surface area contributed by atoms with Crippen molar-refractivity contribution in [1.82, 2.24) is 4.90 Å². The second-order valence-electron chi connectivity index (χ2n) is 5.66. The second-order valence-corrected chi connectivity index (χ2v) is 6.10. The van der Waals surface area contributed by atoms with E-state index in [1.54, 1.807) is 6.08 Å². The molecule has 1 aromatic carbocycles. The van der Waals surface area contributed by atoms with Crippen LogP contribution in [0.2, 0.25) is 5.02 Å². The molecular weight excluding hydrogens is 302 g/mol. The number of hydrogen-bond donors (Lipinski definition) is 0. The third kappa shape index (κ3) is 3.88. The molecular formula is C17H20ClNO3. The van der Waals surface area contributed by atoms with Crippen LogP contribution >= 0.6 is 11.6 Å². The summed E-state index contributed by atoms with van der Waals surface area (Å²) in [6, 6.07) is 7.46. The van der Waals surface area contributed by atoms with Crippen LogP contribution in [0.25, 0.3) is 6.08 Å². The van der Waals surface area contributed by atoms with Gasteiger partial charge < -0.3 is 14.4 Å². The molecule has 2 saturated heterocycles. The lowest BCUT2D eigenvalue weighted by Gasteiger charge is -2.33. The number of amides is 1. The summed E-state index contributed by atoms with van der Waals surface area (Å²) in [4.78, 5) is 14.1. The van der Waals surface area contributed by atoms with Gasteiger partial charge in [-0.05, 0) is 36.6 Å². The molecule has 1 aromatic rings. The Morgan fingerprint density at radius 2 is 1.95 bits per heavy atom. The fourth-order valence-electron chi connectivity index (χ4n) is 2.92. The minimum Gasteiger partial charge on any atom is -0.350 e. The summed E-state index contributed by atoms with van der Waals surface area (Å²) in [5, 5.41) is 0.673. The fraction of sp³-hybridized carbons (Fsp3) is 0.471. The molecule has 0 aliphatic carbocycles. The molecule has 2 aliphatic rings. The van der Waals surface area contributed by atoms with Crippen molar-refractivity contribution in [3.8, 4) is 0 Å². The first-order valence-electron chi connectivity index (χ1n) is 7.68. The van der Waals surface area contributed by atoms with Crippen molar-refractivity contribution in [3.05, 3.63) is 40.9 Å². The first-order chi connectivity index (χ1) is 10.7. The van der Waals surface area contributed by atoms with E-state index in [-0.39, 0.29) is 12.2 Å². The number of halogens is 1. The SMILES string of the molecule is O=C(/C=C/c1cccc(Cl)c1)N1CCC(C2OCCO2)CC1. The van der Waals surface area contributed by atoms with Gasteiger partial charge in [-0.2, -0.15) is 0 Å². The molecule has 0 atom stereocenters. The number of nitrogens with zero attached hydrogens (tertiary/aromatic N) is 1. The number of carbonyl (C=O) groups is 1. The van der Waals surface area contributed by atoms with Crippen molar-refractivity contribution in [2.45, 2.75) is 19.1 Å². The van der Waals surface area contributed by atoms with Gasteiger partial charge in [0.1, 0.15) is 0 Å². The van der Waals surface area contributed by atoms with Gasteiger partial charge in [0.2, 0.25) is 5.91 Å². The van der Waals surface area contributed by atoms with Crippen LogP contribution in [0.5, 0.6) is 0 Å². The molecule has 22 heavy (non-hydrogen) atoms. The molecule has 0 unspecified atom stereocenters. The van der Waals surface area contributed by atoms with Gasteiger partial charge in [0.05, 0.1) is 13.2 Å². The van der Waals surface area contributed by atoms with Crippen molar-refractivity contribution in [1.29, 1.82) is 0 Å². The Hall–Kier alpha value is -1.36. The summed E-state index contributed by atoms with van der Waals surface area (Å²) in [5.41, 5.74) is 0.934. The van der Waals surface area contributed by atoms with Crippen LogP contribution < -0.4 is 0 Å². The predicted molar refractivity (Wildman–Crippen MR) is 85.5 cm³/mol. The summed E-state index contributed by atoms with van der Waals surface area (Å²) in [5.74, 6) is 0.454. The minimum absolute atomic E-state index is 0.0479. The smallest absolute Gasteiger partial charge is 0.246 e. The summed E-state index contributed by atoms with van der Waals surface area (Å²) in [7, 11) is 0. The summed E-state index contributed by atoms with van der Waals surface area (Å²) in [6.45, 7) is 2.89. The van der Waals surface area contributed by atoms with E-state index in [1.807, 2.05) is 35.2 Å². The highest BCUT2D eigenvalue weighted by Gasteiger charge is 2.31. The lowest BCUT2D eigenvalue weighted by atomic mass is 9.96. The Morgan fingerprint density at radius 1 is 1.23 bits per heavy atom. The van der Waals surface area contributed by atoms with Crippen molar-refractivity contribution in [2.75, 3.05) is 26.3 Å². The van der Waals surface area contributed by atoms with Gasteiger partial charge in [-0.25, -0.2) is 0 Å². The Kier molecular flexibility index (Phi) is 5.13. The first kappa shape index (κ1) is 15.5. The number of piperidine rings is 1. The lowest BCUT2D eigenvalue weighted by Crippen LogP contribution is -2.40. The van der Waals surface area contributed by atoms with Crippen LogP contribution in [0.4, 0.5) is 0 Å². The molecule has 118 valence electrons. The van der Waals surface area contributed by atoms with Crippen LogP contribution in [-0.4, -0.2) is 43.4 Å². The van der Waals surface area contributed by atoms with E-state index in [4.69, 9.17) is 21.1 Å². The van der Waals surface area contributed by atoms with E-state index >= 15 is 0 Å². The van der Waals surface area contributed by atoms with E-state index in [2.05, 4.69) is 0 Å². The molecule has 1 amide bonds. The molecule has 0 radical (unpaired) electrons. The molecule has 0 spiro atoms. The average molecular weight is 322 g/mol. The number of carbonyl (C=O) groups excluding carboxylic acids is 1. The molecule has 0 aromatic heterocycles. The van der Waals surface area contributed by atoms with Gasteiger partial charge in [0.25, 0.3) is 0 Å². The highest BCUT2D eigenvalue weighted by atomic mass is 35.5. The van der Waals surface area contributed by atoms with Crippen LogP contribution in [0.15, 0.2) is 30.3 Å². The van der Waals surface area contributed by atoms with Crippen LogP contribution in [0.3, 0.4) is 0 Å². The molecule has 0 saturated carbocycles. The highest BCUT2D eigenvalue weighted by Crippen LogP contribution is 2.26. The molecule has 2 fully saturated rings. The van der Waals surface area contributed by atoms with E-state index < -0.39 is 0 Å². The third-order valence-electron chi connectivity index (χ3n) is 4.15. The Balaban J connectivity index is 1.51. The Morgan fingerprint density at radius 3 is 2.64 bits per heavy atom. The van der Waals surface area contributed by atoms with E-state index in [0.29, 0.717) is 24.2 Å². The average Bonchev–Trinajstić information content (AvgIpc) is 3.07. The molecule has 2 heterocycles. The highest BCUT2D eigenvalue weighted by molar-refractivity contribution is 6.30. The largest absolute Gasteiger partial charge is 0.350 e. The quantitative estimate of drug-likeness (QED) is 0.803. The van der Waals surface area contributed by atoms with Gasteiger partial charge in [-0.1, -0.05) is 23.7 Å². The number of benzene rings is 1. The number of ether oxygens (including phenoxy) is 2. The molecule has 4 nitrogen and oxygen atoms in total. The topological polar surface area (TPSA) is 38.8 Å². The maximum atomic E-state index is 12.2. The van der Waals surface area contributed by atoms with Crippen molar-refractivity contribution < 1.29 is 14.3 Å². The van der Waals surface area contributed by atoms with E-state index in [9.17, 15) is 4.79 Å². The van der Waals surface area contributed by atoms with Gasteiger partial charge >= 0.3 is 0 Å². The number of hydrogen-bond acceptors (Lipinski definition) is 3. The lowest BCUT2D eigenvalue weighted by molar-refractivity contribution is -0.131. The predicted octanol–water partition coefficient (Wildman–Crippen LogP) is 2.96. The van der Waals surface area contributed by atoms with E-state index in [0.717, 1.165) is 31.5 Å². The number of likely N-dealkylation sites (tertiary alicyclic amines) is 1. The normalized spacial score (nSPS) is 20.9. The second kappa shape index (κ2) is 7.27. The first-order valence-corrected chi connectivity index (χ1v) is 8.06. The Labute approximate surface area is 135 Å².